The van der Waals surface area contributed by atoms with E-state index in [-0.39, 0.29) is 35.5 Å². The topological polar surface area (TPSA) is 98.5 Å². The van der Waals surface area contributed by atoms with Gasteiger partial charge in [0.2, 0.25) is 0 Å². The minimum Gasteiger partial charge on any atom is -0.484 e. The zero-order valence-electron chi connectivity index (χ0n) is 11.6. The highest BCUT2D eigenvalue weighted by atomic mass is 32.2. The Hall–Kier alpha value is -1.83. The summed E-state index contributed by atoms with van der Waals surface area (Å²) in [6.07, 6.45) is 0.918. The van der Waals surface area contributed by atoms with E-state index in [1.54, 1.807) is 19.9 Å². The minimum absolute atomic E-state index is 0.0978. The molecule has 1 aromatic rings. The number of hydrogen-bond donors (Lipinski definition) is 1. The molecule has 8 heteroatoms. The standard InChI is InChI=1S/C12H18N2O5S/c1-9(2)19-11-6-4-5-10(12(11)14(15)16)13-7-8-20(3,17)18/h4-6,9,13H,7-8H2,1-3H3. The summed E-state index contributed by atoms with van der Waals surface area (Å²) in [5, 5.41) is 13.9. The van der Waals surface area contributed by atoms with Crippen LogP contribution in [0, 0.1) is 10.1 Å². The van der Waals surface area contributed by atoms with Gasteiger partial charge in [-0.1, -0.05) is 6.07 Å². The Bertz CT molecular complexity index is 584. The van der Waals surface area contributed by atoms with Crippen LogP contribution in [0.1, 0.15) is 13.8 Å². The van der Waals surface area contributed by atoms with Gasteiger partial charge in [-0.05, 0) is 26.0 Å². The number of benzene rings is 1. The van der Waals surface area contributed by atoms with E-state index in [1.807, 2.05) is 0 Å². The number of sulfone groups is 1. The summed E-state index contributed by atoms with van der Waals surface area (Å²) in [7, 11) is -3.12. The van der Waals surface area contributed by atoms with Crippen LogP contribution in [-0.2, 0) is 9.84 Å². The summed E-state index contributed by atoms with van der Waals surface area (Å²) in [5.74, 6) is 0.0636. The second-order valence-corrected chi connectivity index (χ2v) is 6.89. The number of nitro groups is 1. The third kappa shape index (κ3) is 5.04. The Morgan fingerprint density at radius 2 is 2.05 bits per heavy atom. The number of hydrogen-bond acceptors (Lipinski definition) is 6. The summed E-state index contributed by atoms with van der Waals surface area (Å²) < 4.78 is 27.5. The van der Waals surface area contributed by atoms with Crippen LogP contribution in [0.3, 0.4) is 0 Å². The van der Waals surface area contributed by atoms with Crippen LogP contribution in [-0.4, -0.2) is 38.0 Å². The molecule has 112 valence electrons. The molecular weight excluding hydrogens is 284 g/mol. The first kappa shape index (κ1) is 16.2. The Morgan fingerprint density at radius 3 is 2.55 bits per heavy atom. The third-order valence-electron chi connectivity index (χ3n) is 2.33. The summed E-state index contributed by atoms with van der Waals surface area (Å²) in [5.41, 5.74) is 0.0616. The van der Waals surface area contributed by atoms with Crippen molar-refractivity contribution in [1.29, 1.82) is 0 Å². The molecule has 0 amide bonds. The number of nitrogens with one attached hydrogen (secondary N) is 1. The molecule has 0 bridgehead atoms. The van der Waals surface area contributed by atoms with Crippen LogP contribution in [0.2, 0.25) is 0 Å². The van der Waals surface area contributed by atoms with Gasteiger partial charge in [0, 0.05) is 12.8 Å². The number of ether oxygens (including phenoxy) is 1. The fraction of sp³-hybridized carbons (Fsp3) is 0.500. The smallest absolute Gasteiger partial charge is 0.333 e. The quantitative estimate of drug-likeness (QED) is 0.609. The first-order valence-corrected chi connectivity index (χ1v) is 8.12. The maximum Gasteiger partial charge on any atom is 0.333 e. The van der Waals surface area contributed by atoms with E-state index in [0.29, 0.717) is 0 Å². The molecule has 0 fully saturated rings. The lowest BCUT2D eigenvalue weighted by atomic mass is 10.2. The van der Waals surface area contributed by atoms with Crippen LogP contribution >= 0.6 is 0 Å². The number of rotatable bonds is 7. The molecule has 0 aromatic heterocycles. The number of para-hydroxylation sites is 1. The average molecular weight is 302 g/mol. The molecule has 1 N–H and O–H groups in total. The van der Waals surface area contributed by atoms with Gasteiger partial charge < -0.3 is 10.1 Å². The minimum atomic E-state index is -3.12. The van der Waals surface area contributed by atoms with Crippen molar-refractivity contribution in [3.05, 3.63) is 28.3 Å². The molecule has 20 heavy (non-hydrogen) atoms. The van der Waals surface area contributed by atoms with Crippen LogP contribution in [0.25, 0.3) is 0 Å². The van der Waals surface area contributed by atoms with Gasteiger partial charge in [0.05, 0.1) is 16.8 Å². The molecule has 0 spiro atoms. The van der Waals surface area contributed by atoms with E-state index in [9.17, 15) is 18.5 Å². The summed E-state index contributed by atoms with van der Waals surface area (Å²) >= 11 is 0. The fourth-order valence-electron chi connectivity index (χ4n) is 1.57. The van der Waals surface area contributed by atoms with Gasteiger partial charge in [0.25, 0.3) is 0 Å². The largest absolute Gasteiger partial charge is 0.484 e. The number of nitrogens with zero attached hydrogens (tertiary/aromatic N) is 1. The molecule has 0 aliphatic carbocycles. The second kappa shape index (κ2) is 6.56. The monoisotopic (exact) mass is 302 g/mol. The average Bonchev–Trinajstić information content (AvgIpc) is 2.25. The predicted octanol–water partition coefficient (Wildman–Crippen LogP) is 1.84. The van der Waals surface area contributed by atoms with Crippen LogP contribution in [0.4, 0.5) is 11.4 Å². The van der Waals surface area contributed by atoms with Gasteiger partial charge >= 0.3 is 5.69 Å². The third-order valence-corrected chi connectivity index (χ3v) is 3.28. The van der Waals surface area contributed by atoms with Crippen molar-refractivity contribution >= 4 is 21.2 Å². The molecule has 0 unspecified atom stereocenters. The van der Waals surface area contributed by atoms with E-state index in [2.05, 4.69) is 5.32 Å². The molecule has 7 nitrogen and oxygen atoms in total. The molecule has 0 aliphatic heterocycles. The highest BCUT2D eigenvalue weighted by Crippen LogP contribution is 2.35. The summed E-state index contributed by atoms with van der Waals surface area (Å²) in [4.78, 5) is 10.6. The van der Waals surface area contributed by atoms with E-state index in [0.717, 1.165) is 6.26 Å². The normalized spacial score (nSPS) is 11.4. The summed E-state index contributed by atoms with van der Waals surface area (Å²) in [6.45, 7) is 3.64. The predicted molar refractivity (Wildman–Crippen MR) is 77.1 cm³/mol. The van der Waals surface area contributed by atoms with Gasteiger partial charge in [-0.15, -0.1) is 0 Å². The maximum atomic E-state index is 11.2. The van der Waals surface area contributed by atoms with E-state index < -0.39 is 14.8 Å². The number of nitro benzene ring substituents is 1. The first-order valence-electron chi connectivity index (χ1n) is 6.06. The molecule has 1 aromatic carbocycles. The van der Waals surface area contributed by atoms with E-state index in [1.165, 1.54) is 12.1 Å². The van der Waals surface area contributed by atoms with Crippen molar-refractivity contribution < 1.29 is 18.1 Å². The Morgan fingerprint density at radius 1 is 1.40 bits per heavy atom. The zero-order valence-corrected chi connectivity index (χ0v) is 12.4. The van der Waals surface area contributed by atoms with Gasteiger partial charge in [-0.2, -0.15) is 0 Å². The maximum absolute atomic E-state index is 11.2. The van der Waals surface area contributed by atoms with Crippen LogP contribution in [0.5, 0.6) is 5.75 Å². The van der Waals surface area contributed by atoms with Crippen molar-refractivity contribution in [1.82, 2.24) is 0 Å². The highest BCUT2D eigenvalue weighted by molar-refractivity contribution is 7.90. The van der Waals surface area contributed by atoms with Gasteiger partial charge in [0.1, 0.15) is 15.5 Å². The van der Waals surface area contributed by atoms with Crippen molar-refractivity contribution in [3.63, 3.8) is 0 Å². The van der Waals surface area contributed by atoms with Crippen molar-refractivity contribution in [2.75, 3.05) is 23.9 Å². The summed E-state index contributed by atoms with van der Waals surface area (Å²) in [6, 6.07) is 4.65. The second-order valence-electron chi connectivity index (χ2n) is 4.63. The Labute approximate surface area is 118 Å². The highest BCUT2D eigenvalue weighted by Gasteiger charge is 2.21. The number of anilines is 1. The lowest BCUT2D eigenvalue weighted by molar-refractivity contribution is -0.385. The fourth-order valence-corrected chi connectivity index (χ4v) is 2.05. The first-order chi connectivity index (χ1) is 9.20. The molecular formula is C12H18N2O5S. The molecule has 0 saturated carbocycles. The van der Waals surface area contributed by atoms with E-state index in [4.69, 9.17) is 4.74 Å². The molecule has 0 atom stereocenters. The van der Waals surface area contributed by atoms with Crippen molar-refractivity contribution in [3.8, 4) is 5.75 Å². The Balaban J connectivity index is 2.97. The van der Waals surface area contributed by atoms with E-state index >= 15 is 0 Å². The molecule has 0 aliphatic rings. The lowest BCUT2D eigenvalue weighted by Gasteiger charge is -2.13. The van der Waals surface area contributed by atoms with Crippen LogP contribution < -0.4 is 10.1 Å². The van der Waals surface area contributed by atoms with Gasteiger partial charge in [-0.3, -0.25) is 10.1 Å². The SMILES string of the molecule is CC(C)Oc1cccc(NCCS(C)(=O)=O)c1[N+](=O)[O-]. The Kier molecular flexibility index (Phi) is 5.32. The van der Waals surface area contributed by atoms with Crippen molar-refractivity contribution in [2.24, 2.45) is 0 Å². The molecule has 1 rings (SSSR count). The van der Waals surface area contributed by atoms with Crippen LogP contribution in [0.15, 0.2) is 18.2 Å². The lowest BCUT2D eigenvalue weighted by Crippen LogP contribution is -2.15. The molecule has 0 saturated heterocycles. The molecule has 0 radical (unpaired) electrons. The van der Waals surface area contributed by atoms with Gasteiger partial charge in [0.15, 0.2) is 5.75 Å². The van der Waals surface area contributed by atoms with Gasteiger partial charge in [-0.25, -0.2) is 8.42 Å². The zero-order chi connectivity index (χ0) is 15.3. The van der Waals surface area contributed by atoms with Crippen molar-refractivity contribution in [2.45, 2.75) is 20.0 Å². The molecule has 0 heterocycles.